The number of aliphatic hydroxyl groups is 1. The Morgan fingerprint density at radius 1 is 1.33 bits per heavy atom. The van der Waals surface area contributed by atoms with Crippen molar-refractivity contribution in [2.75, 3.05) is 13.2 Å². The van der Waals surface area contributed by atoms with Gasteiger partial charge in [-0.25, -0.2) is 4.68 Å². The fourth-order valence-electron chi connectivity index (χ4n) is 1.88. The first-order valence-electron chi connectivity index (χ1n) is 6.89. The van der Waals surface area contributed by atoms with Crippen LogP contribution in [0.3, 0.4) is 0 Å². The van der Waals surface area contributed by atoms with Crippen LogP contribution in [0.4, 0.5) is 0 Å². The molecule has 2 aromatic rings. The number of amides is 1. The van der Waals surface area contributed by atoms with Gasteiger partial charge in [0, 0.05) is 13.2 Å². The number of aliphatic hydroxyl groups excluding tert-OH is 1. The second-order valence-corrected chi connectivity index (χ2v) is 5.70. The van der Waals surface area contributed by atoms with E-state index in [1.165, 1.54) is 0 Å². The smallest absolute Gasteiger partial charge is 0.273 e. The molecule has 2 N–H and O–H groups in total. The van der Waals surface area contributed by atoms with Gasteiger partial charge in [-0.05, 0) is 24.0 Å². The van der Waals surface area contributed by atoms with Crippen LogP contribution in [0.15, 0.2) is 36.5 Å². The number of nitrogens with one attached hydrogen (secondary N) is 1. The van der Waals surface area contributed by atoms with Gasteiger partial charge in [0.25, 0.3) is 5.91 Å². The highest BCUT2D eigenvalue weighted by Gasteiger charge is 2.19. The van der Waals surface area contributed by atoms with Crippen molar-refractivity contribution in [3.05, 3.63) is 42.2 Å². The highest BCUT2D eigenvalue weighted by molar-refractivity contribution is 5.91. The summed E-state index contributed by atoms with van der Waals surface area (Å²) in [5.74, 6) is -0.261. The Hall–Kier alpha value is -2.21. The largest absolute Gasteiger partial charge is 0.396 e. The summed E-state index contributed by atoms with van der Waals surface area (Å²) in [7, 11) is 0. The van der Waals surface area contributed by atoms with Crippen molar-refractivity contribution in [2.45, 2.75) is 20.3 Å². The van der Waals surface area contributed by atoms with Crippen LogP contribution in [0.5, 0.6) is 0 Å². The molecule has 1 aromatic heterocycles. The minimum absolute atomic E-state index is 0.104. The Labute approximate surface area is 123 Å². The summed E-state index contributed by atoms with van der Waals surface area (Å²) in [5.41, 5.74) is 0.975. The molecular weight excluding hydrogens is 268 g/mol. The second-order valence-electron chi connectivity index (χ2n) is 5.70. The molecule has 1 aromatic carbocycles. The predicted molar refractivity (Wildman–Crippen MR) is 79.2 cm³/mol. The van der Waals surface area contributed by atoms with E-state index in [-0.39, 0.29) is 23.6 Å². The van der Waals surface area contributed by atoms with Crippen LogP contribution in [-0.2, 0) is 0 Å². The van der Waals surface area contributed by atoms with Gasteiger partial charge in [-0.3, -0.25) is 4.79 Å². The van der Waals surface area contributed by atoms with Gasteiger partial charge in [-0.2, -0.15) is 0 Å². The maximum atomic E-state index is 12.1. The summed E-state index contributed by atoms with van der Waals surface area (Å²) in [6.45, 7) is 4.56. The molecule has 1 amide bonds. The number of carbonyl (C=O) groups is 1. The molecule has 1 heterocycles. The minimum Gasteiger partial charge on any atom is -0.396 e. The molecule has 0 radical (unpaired) electrons. The molecule has 0 fully saturated rings. The first-order chi connectivity index (χ1) is 10.0. The van der Waals surface area contributed by atoms with Gasteiger partial charge in [-0.1, -0.05) is 37.3 Å². The van der Waals surface area contributed by atoms with E-state index in [1.54, 1.807) is 10.9 Å². The lowest BCUT2D eigenvalue weighted by Gasteiger charge is -2.23. The molecule has 0 aliphatic heterocycles. The number of hydrogen-bond acceptors (Lipinski definition) is 4. The van der Waals surface area contributed by atoms with E-state index in [9.17, 15) is 4.79 Å². The number of hydrogen-bond donors (Lipinski definition) is 2. The maximum absolute atomic E-state index is 12.1. The third kappa shape index (κ3) is 4.13. The van der Waals surface area contributed by atoms with E-state index in [1.807, 2.05) is 44.2 Å². The van der Waals surface area contributed by atoms with Crippen molar-refractivity contribution in [1.82, 2.24) is 20.3 Å². The van der Waals surface area contributed by atoms with E-state index in [0.717, 1.165) is 5.69 Å². The van der Waals surface area contributed by atoms with E-state index in [2.05, 4.69) is 15.6 Å². The molecule has 6 nitrogen and oxygen atoms in total. The van der Waals surface area contributed by atoms with E-state index in [4.69, 9.17) is 5.11 Å². The molecule has 21 heavy (non-hydrogen) atoms. The van der Waals surface area contributed by atoms with Gasteiger partial charge in [-0.15, -0.1) is 5.10 Å². The van der Waals surface area contributed by atoms with Gasteiger partial charge in [0.05, 0.1) is 11.9 Å². The third-order valence-electron chi connectivity index (χ3n) is 3.26. The Balaban J connectivity index is 2.00. The number of benzene rings is 1. The fraction of sp³-hybridized carbons (Fsp3) is 0.400. The van der Waals surface area contributed by atoms with Gasteiger partial charge >= 0.3 is 0 Å². The van der Waals surface area contributed by atoms with Crippen molar-refractivity contribution in [2.24, 2.45) is 5.41 Å². The quantitative estimate of drug-likeness (QED) is 0.842. The molecule has 0 bridgehead atoms. The zero-order valence-electron chi connectivity index (χ0n) is 12.3. The molecule has 0 saturated carbocycles. The average molecular weight is 288 g/mol. The topological polar surface area (TPSA) is 80.0 Å². The average Bonchev–Trinajstić information content (AvgIpc) is 2.96. The van der Waals surface area contributed by atoms with Crippen molar-refractivity contribution >= 4 is 5.91 Å². The lowest BCUT2D eigenvalue weighted by Crippen LogP contribution is -2.34. The number of aromatic nitrogens is 3. The van der Waals surface area contributed by atoms with Gasteiger partial charge in [0.15, 0.2) is 5.69 Å². The minimum atomic E-state index is -0.261. The van der Waals surface area contributed by atoms with Crippen LogP contribution in [0.1, 0.15) is 30.8 Å². The van der Waals surface area contributed by atoms with Gasteiger partial charge in [0.2, 0.25) is 0 Å². The molecule has 0 aliphatic carbocycles. The second kappa shape index (κ2) is 6.49. The summed E-state index contributed by atoms with van der Waals surface area (Å²) in [4.78, 5) is 12.1. The molecule has 0 spiro atoms. The summed E-state index contributed by atoms with van der Waals surface area (Å²) in [6, 6.07) is 9.49. The van der Waals surface area contributed by atoms with Crippen LogP contribution in [0.25, 0.3) is 5.69 Å². The van der Waals surface area contributed by atoms with Gasteiger partial charge in [0.1, 0.15) is 0 Å². The van der Waals surface area contributed by atoms with Crippen LogP contribution < -0.4 is 5.32 Å². The standard InChI is InChI=1S/C15H20N4O2/c1-15(2,8-9-20)11-16-14(21)13-10-19(18-17-13)12-6-4-3-5-7-12/h3-7,10,20H,8-9,11H2,1-2H3,(H,16,21). The SMILES string of the molecule is CC(C)(CCO)CNC(=O)c1cn(-c2ccccc2)nn1. The predicted octanol–water partition coefficient (Wildman–Crippen LogP) is 1.41. The molecule has 0 atom stereocenters. The Morgan fingerprint density at radius 2 is 2.05 bits per heavy atom. The number of rotatable bonds is 6. The summed E-state index contributed by atoms with van der Waals surface area (Å²) in [5, 5.41) is 19.6. The summed E-state index contributed by atoms with van der Waals surface area (Å²) in [6.07, 6.45) is 2.23. The third-order valence-corrected chi connectivity index (χ3v) is 3.26. The van der Waals surface area contributed by atoms with Crippen LogP contribution in [0.2, 0.25) is 0 Å². The lowest BCUT2D eigenvalue weighted by molar-refractivity contribution is 0.0923. The fourth-order valence-corrected chi connectivity index (χ4v) is 1.88. The monoisotopic (exact) mass is 288 g/mol. The molecular formula is C15H20N4O2. The summed E-state index contributed by atoms with van der Waals surface area (Å²) >= 11 is 0. The van der Waals surface area contributed by atoms with E-state index in [0.29, 0.717) is 13.0 Å². The number of nitrogens with zero attached hydrogens (tertiary/aromatic N) is 3. The normalized spacial score (nSPS) is 11.4. The van der Waals surface area contributed by atoms with Crippen molar-refractivity contribution < 1.29 is 9.90 Å². The van der Waals surface area contributed by atoms with Crippen LogP contribution in [0, 0.1) is 5.41 Å². The summed E-state index contributed by atoms with van der Waals surface area (Å²) < 4.78 is 1.56. The zero-order valence-corrected chi connectivity index (χ0v) is 12.3. The maximum Gasteiger partial charge on any atom is 0.273 e. The molecule has 0 unspecified atom stereocenters. The zero-order chi connectivity index (χ0) is 15.3. The van der Waals surface area contributed by atoms with E-state index < -0.39 is 0 Å². The van der Waals surface area contributed by atoms with Gasteiger partial charge < -0.3 is 10.4 Å². The number of carbonyl (C=O) groups excluding carboxylic acids is 1. The Morgan fingerprint density at radius 3 is 2.71 bits per heavy atom. The lowest BCUT2D eigenvalue weighted by atomic mass is 9.90. The molecule has 112 valence electrons. The van der Waals surface area contributed by atoms with Crippen LogP contribution in [-0.4, -0.2) is 39.2 Å². The Kier molecular flexibility index (Phi) is 4.70. The first-order valence-corrected chi connectivity index (χ1v) is 6.89. The first kappa shape index (κ1) is 15.2. The highest BCUT2D eigenvalue weighted by atomic mass is 16.3. The van der Waals surface area contributed by atoms with Crippen molar-refractivity contribution in [3.8, 4) is 5.69 Å². The number of para-hydroxylation sites is 1. The molecule has 0 aliphatic rings. The Bertz CT molecular complexity index is 593. The molecule has 0 saturated heterocycles. The highest BCUT2D eigenvalue weighted by Crippen LogP contribution is 2.18. The van der Waals surface area contributed by atoms with Crippen molar-refractivity contribution in [3.63, 3.8) is 0 Å². The van der Waals surface area contributed by atoms with Crippen LogP contribution >= 0.6 is 0 Å². The van der Waals surface area contributed by atoms with Crippen molar-refractivity contribution in [1.29, 1.82) is 0 Å². The van der Waals surface area contributed by atoms with E-state index >= 15 is 0 Å². The molecule has 6 heteroatoms. The molecule has 2 rings (SSSR count).